The molecule has 6 heteroatoms. The highest BCUT2D eigenvalue weighted by molar-refractivity contribution is 9.10. The summed E-state index contributed by atoms with van der Waals surface area (Å²) in [6, 6.07) is 9.94. The first-order valence-electron chi connectivity index (χ1n) is 5.79. The topological polar surface area (TPSA) is 17.8 Å². The van der Waals surface area contributed by atoms with Crippen LogP contribution in [0.4, 0.5) is 4.39 Å². The summed E-state index contributed by atoms with van der Waals surface area (Å²) in [5.74, 6) is 0.570. The number of benzene rings is 2. The van der Waals surface area contributed by atoms with Crippen molar-refractivity contribution in [3.05, 3.63) is 57.5 Å². The number of hydrogen-bond acceptors (Lipinski definition) is 1. The van der Waals surface area contributed by atoms with Crippen molar-refractivity contribution in [3.63, 3.8) is 0 Å². The van der Waals surface area contributed by atoms with Gasteiger partial charge in [-0.3, -0.25) is 4.57 Å². The Labute approximate surface area is 133 Å². The number of imidazole rings is 1. The van der Waals surface area contributed by atoms with E-state index in [1.807, 2.05) is 16.7 Å². The van der Waals surface area contributed by atoms with E-state index >= 15 is 0 Å². The number of rotatable bonds is 2. The summed E-state index contributed by atoms with van der Waals surface area (Å²) in [4.78, 5) is 4.46. The quantitative estimate of drug-likeness (QED) is 0.556. The van der Waals surface area contributed by atoms with Crippen LogP contribution < -0.4 is 0 Å². The van der Waals surface area contributed by atoms with Gasteiger partial charge in [0.15, 0.2) is 0 Å². The Morgan fingerprint density at radius 2 is 2.05 bits per heavy atom. The van der Waals surface area contributed by atoms with Crippen LogP contribution in [-0.4, -0.2) is 9.55 Å². The highest BCUT2D eigenvalue weighted by atomic mass is 79.9. The van der Waals surface area contributed by atoms with E-state index in [9.17, 15) is 4.39 Å². The molecule has 1 heterocycles. The first-order valence-corrected chi connectivity index (χ1v) is 7.49. The number of alkyl halides is 1. The van der Waals surface area contributed by atoms with Gasteiger partial charge in [0.1, 0.15) is 11.6 Å². The van der Waals surface area contributed by atoms with Gasteiger partial charge in [-0.15, -0.1) is 11.6 Å². The third kappa shape index (κ3) is 2.22. The Morgan fingerprint density at radius 3 is 2.75 bits per heavy atom. The number of para-hydroxylation sites is 1. The predicted octanol–water partition coefficient (Wildman–Crippen LogP) is 5.32. The molecule has 0 aliphatic heterocycles. The van der Waals surface area contributed by atoms with Gasteiger partial charge < -0.3 is 0 Å². The van der Waals surface area contributed by atoms with Crippen molar-refractivity contribution in [2.75, 3.05) is 0 Å². The summed E-state index contributed by atoms with van der Waals surface area (Å²) < 4.78 is 15.7. The number of halogens is 4. The Kier molecular flexibility index (Phi) is 3.71. The summed E-state index contributed by atoms with van der Waals surface area (Å²) in [6.45, 7) is 0. The third-order valence-corrected chi connectivity index (χ3v) is 4.15. The fourth-order valence-electron chi connectivity index (χ4n) is 2.15. The van der Waals surface area contributed by atoms with Gasteiger partial charge in [-0.1, -0.05) is 17.7 Å². The van der Waals surface area contributed by atoms with Gasteiger partial charge in [-0.05, 0) is 46.3 Å². The molecule has 102 valence electrons. The zero-order chi connectivity index (χ0) is 14.3. The van der Waals surface area contributed by atoms with Gasteiger partial charge >= 0.3 is 0 Å². The maximum Gasteiger partial charge on any atom is 0.129 e. The molecule has 3 rings (SSSR count). The average Bonchev–Trinajstić information content (AvgIpc) is 2.79. The molecule has 0 saturated heterocycles. The number of hydrogen-bond donors (Lipinski definition) is 0. The van der Waals surface area contributed by atoms with E-state index in [1.54, 1.807) is 12.1 Å². The number of nitrogens with zero attached hydrogens (tertiary/aromatic N) is 2. The molecule has 3 aromatic rings. The minimum Gasteiger partial charge on any atom is -0.293 e. The van der Waals surface area contributed by atoms with E-state index in [1.165, 1.54) is 12.1 Å². The largest absolute Gasteiger partial charge is 0.293 e. The Balaban J connectivity index is 2.39. The SMILES string of the molecule is Fc1ccc(-n2c(CCl)nc3cccc(Cl)c32)c(Br)c1. The third-order valence-electron chi connectivity index (χ3n) is 2.97. The fourth-order valence-corrected chi connectivity index (χ4v) is 3.11. The van der Waals surface area contributed by atoms with Crippen molar-refractivity contribution in [1.29, 1.82) is 0 Å². The Morgan fingerprint density at radius 1 is 1.25 bits per heavy atom. The minimum atomic E-state index is -0.316. The van der Waals surface area contributed by atoms with Gasteiger partial charge in [0, 0.05) is 4.47 Å². The Bertz CT molecular complexity index is 801. The number of aromatic nitrogens is 2. The monoisotopic (exact) mass is 372 g/mol. The van der Waals surface area contributed by atoms with E-state index in [2.05, 4.69) is 20.9 Å². The van der Waals surface area contributed by atoms with Gasteiger partial charge in [0.05, 0.1) is 27.6 Å². The van der Waals surface area contributed by atoms with Crippen LogP contribution in [0.15, 0.2) is 40.9 Å². The van der Waals surface area contributed by atoms with Crippen molar-refractivity contribution in [2.24, 2.45) is 0 Å². The van der Waals surface area contributed by atoms with Crippen LogP contribution in [0.3, 0.4) is 0 Å². The Hall–Kier alpha value is -1.10. The second-order valence-corrected chi connectivity index (χ2v) is 5.73. The molecule has 2 nitrogen and oxygen atoms in total. The van der Waals surface area contributed by atoms with Gasteiger partial charge in [-0.25, -0.2) is 9.37 Å². The lowest BCUT2D eigenvalue weighted by Gasteiger charge is -2.11. The van der Waals surface area contributed by atoms with E-state index < -0.39 is 0 Å². The molecule has 0 spiro atoms. The first-order chi connectivity index (χ1) is 9.61. The smallest absolute Gasteiger partial charge is 0.129 e. The van der Waals surface area contributed by atoms with Gasteiger partial charge in [0.25, 0.3) is 0 Å². The normalized spacial score (nSPS) is 11.2. The second-order valence-electron chi connectivity index (χ2n) is 4.20. The average molecular weight is 374 g/mol. The first kappa shape index (κ1) is 13.9. The van der Waals surface area contributed by atoms with E-state index in [-0.39, 0.29) is 11.7 Å². The molecule has 0 unspecified atom stereocenters. The molecule has 0 atom stereocenters. The molecule has 0 saturated carbocycles. The highest BCUT2D eigenvalue weighted by Crippen LogP contribution is 2.32. The molecule has 0 fully saturated rings. The molecule has 0 bridgehead atoms. The standard InChI is InChI=1S/C14H8BrCl2FN2/c15-9-6-8(18)4-5-12(9)20-13(7-16)19-11-3-1-2-10(17)14(11)20/h1-6H,7H2. The summed E-state index contributed by atoms with van der Waals surface area (Å²) in [6.07, 6.45) is 0. The molecule has 0 radical (unpaired) electrons. The van der Waals surface area contributed by atoms with Crippen LogP contribution in [0.1, 0.15) is 5.82 Å². The minimum absolute atomic E-state index is 0.231. The van der Waals surface area contributed by atoms with Crippen molar-refractivity contribution in [2.45, 2.75) is 5.88 Å². The highest BCUT2D eigenvalue weighted by Gasteiger charge is 2.16. The summed E-state index contributed by atoms with van der Waals surface area (Å²) in [5.41, 5.74) is 2.26. The second kappa shape index (κ2) is 5.35. The van der Waals surface area contributed by atoms with Crippen LogP contribution in [0.25, 0.3) is 16.7 Å². The van der Waals surface area contributed by atoms with Crippen LogP contribution in [-0.2, 0) is 5.88 Å². The van der Waals surface area contributed by atoms with E-state index in [4.69, 9.17) is 23.2 Å². The van der Waals surface area contributed by atoms with Crippen LogP contribution in [0.5, 0.6) is 0 Å². The molecule has 20 heavy (non-hydrogen) atoms. The van der Waals surface area contributed by atoms with Crippen molar-refractivity contribution >= 4 is 50.2 Å². The summed E-state index contributed by atoms with van der Waals surface area (Å²) >= 11 is 15.6. The summed E-state index contributed by atoms with van der Waals surface area (Å²) in [5, 5.41) is 0.572. The lowest BCUT2D eigenvalue weighted by Crippen LogP contribution is -2.01. The van der Waals surface area contributed by atoms with Gasteiger partial charge in [0.2, 0.25) is 0 Å². The molecule has 2 aromatic carbocycles. The van der Waals surface area contributed by atoms with Crippen LogP contribution in [0, 0.1) is 5.82 Å². The van der Waals surface area contributed by atoms with E-state index in [0.29, 0.717) is 15.3 Å². The fraction of sp³-hybridized carbons (Fsp3) is 0.0714. The predicted molar refractivity (Wildman–Crippen MR) is 83.3 cm³/mol. The molecule has 0 aliphatic rings. The molecular formula is C14H8BrCl2FN2. The summed E-state index contributed by atoms with van der Waals surface area (Å²) in [7, 11) is 0. The van der Waals surface area contributed by atoms with Crippen molar-refractivity contribution < 1.29 is 4.39 Å². The maximum absolute atomic E-state index is 13.3. The number of fused-ring (bicyclic) bond motifs is 1. The molecule has 0 aliphatic carbocycles. The molecule has 1 aromatic heterocycles. The molecular weight excluding hydrogens is 366 g/mol. The maximum atomic E-state index is 13.3. The lowest BCUT2D eigenvalue weighted by molar-refractivity contribution is 0.626. The molecule has 0 N–H and O–H groups in total. The van der Waals surface area contributed by atoms with E-state index in [0.717, 1.165) is 16.7 Å². The van der Waals surface area contributed by atoms with Crippen LogP contribution >= 0.6 is 39.1 Å². The van der Waals surface area contributed by atoms with Crippen molar-refractivity contribution in [1.82, 2.24) is 9.55 Å². The zero-order valence-corrected chi connectivity index (χ0v) is 13.2. The molecule has 0 amide bonds. The lowest BCUT2D eigenvalue weighted by atomic mass is 10.2. The van der Waals surface area contributed by atoms with Gasteiger partial charge in [-0.2, -0.15) is 0 Å². The van der Waals surface area contributed by atoms with Crippen LogP contribution in [0.2, 0.25) is 5.02 Å². The zero-order valence-electron chi connectivity index (χ0n) is 10.1. The van der Waals surface area contributed by atoms with Crippen molar-refractivity contribution in [3.8, 4) is 5.69 Å².